The van der Waals surface area contributed by atoms with Gasteiger partial charge in [0.25, 0.3) is 0 Å². The van der Waals surface area contributed by atoms with Crippen molar-refractivity contribution >= 4 is 39.0 Å². The fourth-order valence-corrected chi connectivity index (χ4v) is 5.21. The van der Waals surface area contributed by atoms with E-state index in [9.17, 15) is 50.6 Å². The zero-order valence-corrected chi connectivity index (χ0v) is 26.9. The van der Waals surface area contributed by atoms with Gasteiger partial charge in [-0.15, -0.1) is 0 Å². The van der Waals surface area contributed by atoms with Gasteiger partial charge < -0.3 is 25.6 Å². The first-order valence-electron chi connectivity index (χ1n) is 14.6. The first kappa shape index (κ1) is 39.4. The standard InChI is InChI=1S/C27H38N4O3S.C4F6O2/c1-27(2,3)19-31(23(33)13-16-28-14-11-20-7-5-4-6-8-20)18-17-29-15-12-21-9-10-22(32)24-25(21)35-26(34)30-24;5-3(6,7)1(11)2(12)4(8,9)10/h4-10,28-29,32H,11-19H2,1-3H3,(H,30,34);. The molecule has 0 bridgehead atoms. The molecule has 0 saturated carbocycles. The van der Waals surface area contributed by atoms with Crippen LogP contribution in [0.3, 0.4) is 0 Å². The van der Waals surface area contributed by atoms with E-state index in [1.165, 1.54) is 5.56 Å². The number of Topliss-reactive ketones (excluding diaryl/α,β-unsaturated/α-hetero) is 2. The molecule has 1 amide bonds. The van der Waals surface area contributed by atoms with Crippen molar-refractivity contribution in [1.82, 2.24) is 20.5 Å². The van der Waals surface area contributed by atoms with Crippen molar-refractivity contribution in [2.75, 3.05) is 39.3 Å². The third-order valence-electron chi connectivity index (χ3n) is 6.46. The number of aromatic nitrogens is 1. The van der Waals surface area contributed by atoms with Crippen molar-refractivity contribution in [3.8, 4) is 5.75 Å². The Kier molecular flexibility index (Phi) is 14.6. The number of benzene rings is 2. The molecule has 0 spiro atoms. The number of carbonyl (C=O) groups is 3. The van der Waals surface area contributed by atoms with Crippen LogP contribution in [0.5, 0.6) is 5.75 Å². The van der Waals surface area contributed by atoms with Gasteiger partial charge in [-0.05, 0) is 48.5 Å². The molecule has 0 aliphatic rings. The number of aromatic hydroxyl groups is 1. The van der Waals surface area contributed by atoms with Crippen LogP contribution in [0.2, 0.25) is 0 Å². The number of nitrogens with one attached hydrogen (secondary N) is 3. The number of H-pyrrole nitrogens is 1. The first-order chi connectivity index (χ1) is 21.8. The maximum absolute atomic E-state index is 12.9. The Morgan fingerprint density at radius 3 is 1.98 bits per heavy atom. The van der Waals surface area contributed by atoms with Gasteiger partial charge in [0.1, 0.15) is 11.3 Å². The monoisotopic (exact) mass is 692 g/mol. The lowest BCUT2D eigenvalue weighted by Gasteiger charge is -2.30. The van der Waals surface area contributed by atoms with Crippen molar-refractivity contribution in [2.24, 2.45) is 5.41 Å². The molecule has 0 saturated heterocycles. The topological polar surface area (TPSA) is 132 Å². The molecule has 0 aliphatic carbocycles. The van der Waals surface area contributed by atoms with E-state index < -0.39 is 23.9 Å². The van der Waals surface area contributed by atoms with Gasteiger partial charge in [-0.3, -0.25) is 19.2 Å². The summed E-state index contributed by atoms with van der Waals surface area (Å²) in [5.41, 5.74) is 2.86. The highest BCUT2D eigenvalue weighted by atomic mass is 32.1. The normalized spacial score (nSPS) is 12.0. The largest absolute Gasteiger partial charge is 0.506 e. The Bertz CT molecular complexity index is 1510. The molecular formula is C31H38F6N4O5S. The quantitative estimate of drug-likeness (QED) is 0.109. The molecule has 47 heavy (non-hydrogen) atoms. The molecule has 0 aliphatic heterocycles. The van der Waals surface area contributed by atoms with E-state index in [-0.39, 0.29) is 21.9 Å². The molecule has 4 N–H and O–H groups in total. The number of aromatic amines is 1. The summed E-state index contributed by atoms with van der Waals surface area (Å²) in [5.74, 6) is -6.54. The second kappa shape index (κ2) is 17.4. The molecule has 3 aromatic rings. The average molecular weight is 693 g/mol. The predicted molar refractivity (Wildman–Crippen MR) is 166 cm³/mol. The van der Waals surface area contributed by atoms with Crippen LogP contribution in [0.1, 0.15) is 38.3 Å². The van der Waals surface area contributed by atoms with Gasteiger partial charge in [0.15, 0.2) is 0 Å². The summed E-state index contributed by atoms with van der Waals surface area (Å²) in [6, 6.07) is 13.8. The van der Waals surface area contributed by atoms with E-state index in [1.54, 1.807) is 6.07 Å². The number of rotatable bonds is 14. The number of phenolic OH excluding ortho intramolecular Hbond substituents is 1. The summed E-state index contributed by atoms with van der Waals surface area (Å²) in [4.78, 5) is 48.3. The Hall–Kier alpha value is -3.76. The zero-order chi connectivity index (χ0) is 35.4. The first-order valence-corrected chi connectivity index (χ1v) is 15.4. The number of carbonyl (C=O) groups excluding carboxylic acids is 3. The Morgan fingerprint density at radius 2 is 1.40 bits per heavy atom. The smallest absolute Gasteiger partial charge is 0.458 e. The molecule has 0 fully saturated rings. The number of phenols is 1. The van der Waals surface area contributed by atoms with E-state index in [2.05, 4.69) is 48.5 Å². The van der Waals surface area contributed by atoms with Crippen LogP contribution in [0, 0.1) is 5.41 Å². The number of amides is 1. The molecule has 260 valence electrons. The molecule has 0 radical (unpaired) electrons. The highest BCUT2D eigenvalue weighted by Crippen LogP contribution is 2.28. The molecule has 2 aromatic carbocycles. The number of nitrogens with zero attached hydrogens (tertiary/aromatic N) is 1. The van der Waals surface area contributed by atoms with Gasteiger partial charge in [-0.25, -0.2) is 0 Å². The minimum Gasteiger partial charge on any atom is -0.506 e. The van der Waals surface area contributed by atoms with Crippen LogP contribution in [0.25, 0.3) is 10.2 Å². The van der Waals surface area contributed by atoms with Crippen LogP contribution in [0.4, 0.5) is 26.3 Å². The Balaban J connectivity index is 0.000000544. The number of hydrogen-bond donors (Lipinski definition) is 4. The Morgan fingerprint density at radius 1 is 0.830 bits per heavy atom. The highest BCUT2D eigenvalue weighted by Gasteiger charge is 2.54. The minimum absolute atomic E-state index is 0.0275. The highest BCUT2D eigenvalue weighted by molar-refractivity contribution is 7.16. The molecular weight excluding hydrogens is 654 g/mol. The van der Waals surface area contributed by atoms with Gasteiger partial charge in [-0.2, -0.15) is 26.3 Å². The predicted octanol–water partition coefficient (Wildman–Crippen LogP) is 4.77. The van der Waals surface area contributed by atoms with Crippen LogP contribution >= 0.6 is 11.3 Å². The van der Waals surface area contributed by atoms with Gasteiger partial charge >= 0.3 is 28.8 Å². The molecule has 3 rings (SSSR count). The number of fused-ring (bicyclic) bond motifs is 1. The number of halogens is 6. The van der Waals surface area contributed by atoms with Gasteiger partial charge in [0, 0.05) is 32.6 Å². The lowest BCUT2D eigenvalue weighted by Crippen LogP contribution is -2.42. The van der Waals surface area contributed by atoms with E-state index >= 15 is 0 Å². The SMILES string of the molecule is CC(C)(C)CN(CCNCCc1ccc(O)c2[nH]c(=O)sc12)C(=O)CCNCCc1ccccc1.O=C(C(=O)C(F)(F)F)C(F)(F)F. The van der Waals surface area contributed by atoms with Crippen LogP contribution in [-0.4, -0.2) is 84.1 Å². The summed E-state index contributed by atoms with van der Waals surface area (Å²) in [6.07, 6.45) is -9.36. The average Bonchev–Trinajstić information content (AvgIpc) is 3.38. The lowest BCUT2D eigenvalue weighted by molar-refractivity contribution is -0.193. The molecule has 0 unspecified atom stereocenters. The number of ketones is 2. The van der Waals surface area contributed by atoms with Crippen molar-refractivity contribution in [3.05, 3.63) is 63.3 Å². The fraction of sp³-hybridized carbons (Fsp3) is 0.484. The van der Waals surface area contributed by atoms with E-state index in [0.717, 1.165) is 47.5 Å². The van der Waals surface area contributed by atoms with Gasteiger partial charge in [-0.1, -0.05) is 68.5 Å². The third-order valence-corrected chi connectivity index (χ3v) is 7.41. The third kappa shape index (κ3) is 13.9. The summed E-state index contributed by atoms with van der Waals surface area (Å²) >= 11 is 1.12. The summed E-state index contributed by atoms with van der Waals surface area (Å²) in [6.45, 7) is 10.8. The van der Waals surface area contributed by atoms with E-state index in [1.807, 2.05) is 29.2 Å². The van der Waals surface area contributed by atoms with Gasteiger partial charge in [0.2, 0.25) is 5.91 Å². The number of alkyl halides is 6. The second-order valence-electron chi connectivity index (χ2n) is 11.7. The second-order valence-corrected chi connectivity index (χ2v) is 12.7. The molecule has 16 heteroatoms. The van der Waals surface area contributed by atoms with Crippen molar-refractivity contribution in [1.29, 1.82) is 0 Å². The van der Waals surface area contributed by atoms with Crippen molar-refractivity contribution in [3.63, 3.8) is 0 Å². The molecule has 9 nitrogen and oxygen atoms in total. The summed E-state index contributed by atoms with van der Waals surface area (Å²) in [5, 5.41) is 16.8. The molecule has 1 aromatic heterocycles. The molecule has 0 atom stereocenters. The number of thiazole rings is 1. The van der Waals surface area contributed by atoms with Crippen molar-refractivity contribution in [2.45, 2.75) is 52.4 Å². The van der Waals surface area contributed by atoms with Crippen LogP contribution < -0.4 is 15.5 Å². The summed E-state index contributed by atoms with van der Waals surface area (Å²) in [7, 11) is 0. The van der Waals surface area contributed by atoms with Crippen LogP contribution in [0.15, 0.2) is 47.3 Å². The fourth-order valence-electron chi connectivity index (χ4n) is 4.31. The molecule has 1 heterocycles. The van der Waals surface area contributed by atoms with Crippen molar-refractivity contribution < 1.29 is 45.8 Å². The number of hydrogen-bond acceptors (Lipinski definition) is 8. The maximum Gasteiger partial charge on any atom is 0.458 e. The minimum atomic E-state index is -5.77. The summed E-state index contributed by atoms with van der Waals surface area (Å²) < 4.78 is 67.8. The lowest BCUT2D eigenvalue weighted by atomic mass is 9.96. The Labute approximate surface area is 271 Å². The van der Waals surface area contributed by atoms with Crippen LogP contribution in [-0.2, 0) is 27.2 Å². The maximum atomic E-state index is 12.9. The van der Waals surface area contributed by atoms with E-state index in [0.29, 0.717) is 38.1 Å². The van der Waals surface area contributed by atoms with E-state index in [4.69, 9.17) is 0 Å². The van der Waals surface area contributed by atoms with Gasteiger partial charge in [0.05, 0.1) is 4.70 Å². The zero-order valence-electron chi connectivity index (χ0n) is 26.1.